The van der Waals surface area contributed by atoms with Crippen molar-refractivity contribution in [2.45, 2.75) is 26.2 Å². The summed E-state index contributed by atoms with van der Waals surface area (Å²) >= 11 is 0. The van der Waals surface area contributed by atoms with E-state index in [-0.39, 0.29) is 11.7 Å². The molecule has 26 heavy (non-hydrogen) atoms. The summed E-state index contributed by atoms with van der Waals surface area (Å²) in [5.41, 5.74) is 1.90. The van der Waals surface area contributed by atoms with Gasteiger partial charge in [0.25, 0.3) is 0 Å². The highest BCUT2D eigenvalue weighted by Crippen LogP contribution is 2.23. The summed E-state index contributed by atoms with van der Waals surface area (Å²) in [4.78, 5) is 22.2. The van der Waals surface area contributed by atoms with Gasteiger partial charge in [0.2, 0.25) is 5.95 Å². The zero-order chi connectivity index (χ0) is 18.5. The molecule has 2 aromatic rings. The molecule has 1 aromatic heterocycles. The Labute approximate surface area is 152 Å². The quantitative estimate of drug-likeness (QED) is 0.827. The molecule has 1 saturated heterocycles. The van der Waals surface area contributed by atoms with Gasteiger partial charge in [-0.05, 0) is 43.9 Å². The van der Waals surface area contributed by atoms with Crippen LogP contribution in [0, 0.1) is 18.7 Å². The van der Waals surface area contributed by atoms with Crippen LogP contribution in [-0.2, 0) is 11.2 Å². The van der Waals surface area contributed by atoms with Crippen molar-refractivity contribution >= 4 is 17.7 Å². The number of aromatic nitrogens is 2. The highest BCUT2D eigenvalue weighted by atomic mass is 19.1. The zero-order valence-corrected chi connectivity index (χ0v) is 14.8. The molecule has 6 nitrogen and oxygen atoms in total. The van der Waals surface area contributed by atoms with Crippen LogP contribution in [-0.4, -0.2) is 40.7 Å². The number of carboxylic acids is 1. The van der Waals surface area contributed by atoms with Crippen LogP contribution < -0.4 is 10.2 Å². The molecule has 1 aliphatic heterocycles. The van der Waals surface area contributed by atoms with Crippen molar-refractivity contribution < 1.29 is 14.3 Å². The lowest BCUT2D eigenvalue weighted by Crippen LogP contribution is -2.37. The summed E-state index contributed by atoms with van der Waals surface area (Å²) < 4.78 is 12.9. The predicted molar refractivity (Wildman–Crippen MR) is 97.9 cm³/mol. The van der Waals surface area contributed by atoms with Crippen LogP contribution >= 0.6 is 0 Å². The Morgan fingerprint density at radius 3 is 2.62 bits per heavy atom. The Morgan fingerprint density at radius 2 is 1.96 bits per heavy atom. The highest BCUT2D eigenvalue weighted by molar-refractivity contribution is 5.70. The Bertz CT molecular complexity index is 759. The number of rotatable bonds is 6. The molecule has 1 aliphatic rings. The Kier molecular flexibility index (Phi) is 5.65. The van der Waals surface area contributed by atoms with E-state index in [1.807, 2.05) is 13.0 Å². The van der Waals surface area contributed by atoms with Gasteiger partial charge in [-0.25, -0.2) is 9.37 Å². The van der Waals surface area contributed by atoms with Gasteiger partial charge in [0, 0.05) is 31.4 Å². The van der Waals surface area contributed by atoms with E-state index in [9.17, 15) is 9.18 Å². The topological polar surface area (TPSA) is 78.4 Å². The second kappa shape index (κ2) is 8.12. The molecule has 0 bridgehead atoms. The number of nitrogens with zero attached hydrogens (tertiary/aromatic N) is 3. The fraction of sp³-hybridized carbons (Fsp3) is 0.421. The van der Waals surface area contributed by atoms with Gasteiger partial charge in [-0.3, -0.25) is 4.79 Å². The van der Waals surface area contributed by atoms with E-state index in [1.165, 1.54) is 12.1 Å². The van der Waals surface area contributed by atoms with Crippen LogP contribution in [0.3, 0.4) is 0 Å². The molecule has 0 aliphatic carbocycles. The maximum atomic E-state index is 12.9. The Hall–Kier alpha value is -2.70. The molecular formula is C19H23FN4O2. The van der Waals surface area contributed by atoms with Crippen molar-refractivity contribution in [2.24, 2.45) is 5.92 Å². The summed E-state index contributed by atoms with van der Waals surface area (Å²) in [6.45, 7) is 3.93. The molecule has 2 heterocycles. The number of anilines is 2. The summed E-state index contributed by atoms with van der Waals surface area (Å²) in [6.07, 6.45) is 2.01. The second-order valence-electron chi connectivity index (χ2n) is 6.59. The summed E-state index contributed by atoms with van der Waals surface area (Å²) in [7, 11) is 0. The van der Waals surface area contributed by atoms with E-state index in [2.05, 4.69) is 20.2 Å². The average Bonchev–Trinajstić information content (AvgIpc) is 2.63. The van der Waals surface area contributed by atoms with Crippen molar-refractivity contribution in [1.82, 2.24) is 9.97 Å². The lowest BCUT2D eigenvalue weighted by molar-refractivity contribution is -0.142. The number of halogens is 1. The van der Waals surface area contributed by atoms with Gasteiger partial charge in [0.1, 0.15) is 11.6 Å². The fourth-order valence-corrected chi connectivity index (χ4v) is 3.12. The third-order valence-corrected chi connectivity index (χ3v) is 4.62. The first-order valence-corrected chi connectivity index (χ1v) is 8.83. The standard InChI is InChI=1S/C19H23FN4O2/c1-13-12-17(24-10-7-15(8-11-24)18(25)26)23-19(22-13)21-9-6-14-2-4-16(20)5-3-14/h2-5,12,15H,6-11H2,1H3,(H,25,26)(H,21,22,23). The first-order chi connectivity index (χ1) is 12.5. The molecule has 0 saturated carbocycles. The van der Waals surface area contributed by atoms with E-state index in [4.69, 9.17) is 5.11 Å². The van der Waals surface area contributed by atoms with Crippen molar-refractivity contribution in [3.05, 3.63) is 47.4 Å². The van der Waals surface area contributed by atoms with Crippen LogP contribution in [0.1, 0.15) is 24.1 Å². The van der Waals surface area contributed by atoms with Gasteiger partial charge >= 0.3 is 5.97 Å². The van der Waals surface area contributed by atoms with Crippen LogP contribution in [0.2, 0.25) is 0 Å². The lowest BCUT2D eigenvalue weighted by atomic mass is 9.97. The highest BCUT2D eigenvalue weighted by Gasteiger charge is 2.25. The molecular weight excluding hydrogens is 335 g/mol. The average molecular weight is 358 g/mol. The first kappa shape index (κ1) is 18.1. The van der Waals surface area contributed by atoms with E-state index in [1.54, 1.807) is 12.1 Å². The van der Waals surface area contributed by atoms with Gasteiger partial charge < -0.3 is 15.3 Å². The Morgan fingerprint density at radius 1 is 1.27 bits per heavy atom. The number of benzene rings is 1. The van der Waals surface area contributed by atoms with Gasteiger partial charge in [-0.15, -0.1) is 0 Å². The third-order valence-electron chi connectivity index (χ3n) is 4.62. The molecule has 0 amide bonds. The van der Waals surface area contributed by atoms with Crippen molar-refractivity contribution in [2.75, 3.05) is 29.9 Å². The molecule has 0 unspecified atom stereocenters. The molecule has 0 radical (unpaired) electrons. The maximum absolute atomic E-state index is 12.9. The SMILES string of the molecule is Cc1cc(N2CCC(C(=O)O)CC2)nc(NCCc2ccc(F)cc2)n1. The van der Waals surface area contributed by atoms with Gasteiger partial charge in [0.05, 0.1) is 5.92 Å². The number of piperidine rings is 1. The predicted octanol–water partition coefficient (Wildman–Crippen LogP) is 2.88. The summed E-state index contributed by atoms with van der Waals surface area (Å²) in [5.74, 6) is 0.169. The largest absolute Gasteiger partial charge is 0.481 e. The number of hydrogen-bond donors (Lipinski definition) is 2. The fourth-order valence-electron chi connectivity index (χ4n) is 3.12. The van der Waals surface area contributed by atoms with Gasteiger partial charge in [-0.1, -0.05) is 12.1 Å². The molecule has 1 aromatic carbocycles. The molecule has 1 fully saturated rings. The molecule has 2 N–H and O–H groups in total. The van der Waals surface area contributed by atoms with E-state index < -0.39 is 5.97 Å². The van der Waals surface area contributed by atoms with Gasteiger partial charge in [-0.2, -0.15) is 4.98 Å². The van der Waals surface area contributed by atoms with E-state index >= 15 is 0 Å². The number of aliphatic carboxylic acids is 1. The van der Waals surface area contributed by atoms with E-state index in [0.29, 0.717) is 38.4 Å². The number of aryl methyl sites for hydroxylation is 1. The summed E-state index contributed by atoms with van der Waals surface area (Å²) in [6, 6.07) is 8.37. The lowest BCUT2D eigenvalue weighted by Gasteiger charge is -2.31. The molecule has 7 heteroatoms. The van der Waals surface area contributed by atoms with Crippen molar-refractivity contribution in [1.29, 1.82) is 0 Å². The number of carbonyl (C=O) groups is 1. The minimum Gasteiger partial charge on any atom is -0.481 e. The maximum Gasteiger partial charge on any atom is 0.306 e. The first-order valence-electron chi connectivity index (χ1n) is 8.83. The third kappa shape index (κ3) is 4.68. The number of hydrogen-bond acceptors (Lipinski definition) is 5. The molecule has 138 valence electrons. The second-order valence-corrected chi connectivity index (χ2v) is 6.59. The monoisotopic (exact) mass is 358 g/mol. The van der Waals surface area contributed by atoms with Crippen LogP contribution in [0.5, 0.6) is 0 Å². The smallest absolute Gasteiger partial charge is 0.306 e. The number of carboxylic acid groups (broad SMARTS) is 1. The molecule has 3 rings (SSSR count). The Balaban J connectivity index is 1.59. The van der Waals surface area contributed by atoms with E-state index in [0.717, 1.165) is 23.5 Å². The minimum absolute atomic E-state index is 0.236. The number of nitrogens with one attached hydrogen (secondary N) is 1. The normalized spacial score (nSPS) is 15.1. The summed E-state index contributed by atoms with van der Waals surface area (Å²) in [5, 5.41) is 12.3. The molecule has 0 spiro atoms. The minimum atomic E-state index is -0.716. The van der Waals surface area contributed by atoms with Crippen molar-refractivity contribution in [3.63, 3.8) is 0 Å². The van der Waals surface area contributed by atoms with Crippen LogP contribution in [0.25, 0.3) is 0 Å². The van der Waals surface area contributed by atoms with Crippen molar-refractivity contribution in [3.8, 4) is 0 Å². The zero-order valence-electron chi connectivity index (χ0n) is 14.8. The van der Waals surface area contributed by atoms with Crippen LogP contribution in [0.15, 0.2) is 30.3 Å². The van der Waals surface area contributed by atoms with Crippen LogP contribution in [0.4, 0.5) is 16.2 Å². The molecule has 0 atom stereocenters. The van der Waals surface area contributed by atoms with Gasteiger partial charge in [0.15, 0.2) is 0 Å².